The van der Waals surface area contributed by atoms with E-state index in [9.17, 15) is 4.79 Å². The van der Waals surface area contributed by atoms with Gasteiger partial charge in [-0.25, -0.2) is 0 Å². The molecule has 0 atom stereocenters. The summed E-state index contributed by atoms with van der Waals surface area (Å²) in [6.07, 6.45) is 3.16. The van der Waals surface area contributed by atoms with Crippen LogP contribution >= 0.6 is 0 Å². The second-order valence-electron chi connectivity index (χ2n) is 4.35. The third kappa shape index (κ3) is 3.96. The molecule has 2 aromatic carbocycles. The first kappa shape index (κ1) is 13.8. The van der Waals surface area contributed by atoms with Gasteiger partial charge in [-0.2, -0.15) is 0 Å². The second-order valence-corrected chi connectivity index (χ2v) is 4.35. The summed E-state index contributed by atoms with van der Waals surface area (Å²) in [6, 6.07) is 14.3. The number of hydrogen-bond acceptors (Lipinski definition) is 3. The third-order valence-corrected chi connectivity index (χ3v) is 2.74. The summed E-state index contributed by atoms with van der Waals surface area (Å²) in [5.41, 5.74) is 8.68. The number of amides is 1. The Morgan fingerprint density at radius 1 is 1.20 bits per heavy atom. The Labute approximate surface area is 117 Å². The van der Waals surface area contributed by atoms with E-state index in [1.54, 1.807) is 42.5 Å². The van der Waals surface area contributed by atoms with Gasteiger partial charge in [0.05, 0.1) is 6.61 Å². The van der Waals surface area contributed by atoms with Crippen molar-refractivity contribution < 1.29 is 9.90 Å². The van der Waals surface area contributed by atoms with Crippen LogP contribution in [0.4, 0.5) is 11.4 Å². The molecule has 4 heteroatoms. The van der Waals surface area contributed by atoms with Crippen LogP contribution in [0.2, 0.25) is 0 Å². The quantitative estimate of drug-likeness (QED) is 0.589. The van der Waals surface area contributed by atoms with Crippen molar-refractivity contribution in [3.8, 4) is 0 Å². The Morgan fingerprint density at radius 2 is 1.95 bits per heavy atom. The van der Waals surface area contributed by atoms with Crippen molar-refractivity contribution in [3.05, 3.63) is 65.7 Å². The average Bonchev–Trinajstić information content (AvgIpc) is 2.46. The normalized spacial score (nSPS) is 10.7. The van der Waals surface area contributed by atoms with E-state index in [1.165, 1.54) is 6.08 Å². The van der Waals surface area contributed by atoms with Crippen molar-refractivity contribution in [2.75, 3.05) is 11.1 Å². The van der Waals surface area contributed by atoms with Gasteiger partial charge in [0.2, 0.25) is 5.91 Å². The lowest BCUT2D eigenvalue weighted by molar-refractivity contribution is -0.111. The van der Waals surface area contributed by atoms with E-state index in [0.717, 1.165) is 11.1 Å². The monoisotopic (exact) mass is 268 g/mol. The Morgan fingerprint density at radius 3 is 2.60 bits per heavy atom. The number of nitrogen functional groups attached to an aromatic ring is 1. The average molecular weight is 268 g/mol. The van der Waals surface area contributed by atoms with E-state index in [1.807, 2.05) is 12.1 Å². The van der Waals surface area contributed by atoms with Gasteiger partial charge in [0.15, 0.2) is 0 Å². The van der Waals surface area contributed by atoms with E-state index in [-0.39, 0.29) is 12.5 Å². The molecule has 0 saturated heterocycles. The van der Waals surface area contributed by atoms with Crippen LogP contribution in [0.25, 0.3) is 6.08 Å². The number of benzene rings is 2. The standard InChI is InChI=1S/C16H16N2O2/c17-14-3-1-2-12(10-14)6-9-16(20)18-15-7-4-13(11-19)5-8-15/h1-10,19H,11,17H2,(H,18,20)/b9-6+. The highest BCUT2D eigenvalue weighted by Gasteiger charge is 1.98. The minimum absolute atomic E-state index is 0.0104. The van der Waals surface area contributed by atoms with Crippen LogP contribution in [-0.2, 0) is 11.4 Å². The highest BCUT2D eigenvalue weighted by molar-refractivity contribution is 6.01. The predicted molar refractivity (Wildman–Crippen MR) is 80.9 cm³/mol. The smallest absolute Gasteiger partial charge is 0.248 e. The van der Waals surface area contributed by atoms with Gasteiger partial charge < -0.3 is 16.2 Å². The van der Waals surface area contributed by atoms with Crippen LogP contribution in [0.5, 0.6) is 0 Å². The molecule has 0 heterocycles. The Bertz CT molecular complexity index is 619. The molecule has 0 spiro atoms. The molecule has 0 aliphatic rings. The Kier molecular flexibility index (Phi) is 4.52. The number of rotatable bonds is 4. The molecule has 1 amide bonds. The van der Waals surface area contributed by atoms with Gasteiger partial charge in [-0.15, -0.1) is 0 Å². The van der Waals surface area contributed by atoms with Crippen molar-refractivity contribution in [1.82, 2.24) is 0 Å². The molecule has 0 saturated carbocycles. The van der Waals surface area contributed by atoms with Crippen molar-refractivity contribution in [2.24, 2.45) is 0 Å². The van der Waals surface area contributed by atoms with Gasteiger partial charge in [0.25, 0.3) is 0 Å². The maximum atomic E-state index is 11.7. The summed E-state index contributed by atoms with van der Waals surface area (Å²) in [6.45, 7) is -0.0104. The molecule has 2 aromatic rings. The van der Waals surface area contributed by atoms with Crippen molar-refractivity contribution in [3.63, 3.8) is 0 Å². The zero-order chi connectivity index (χ0) is 14.4. The van der Waals surface area contributed by atoms with Crippen LogP contribution in [-0.4, -0.2) is 11.0 Å². The minimum atomic E-state index is -0.218. The Balaban J connectivity index is 1.98. The molecule has 0 aliphatic carbocycles. The number of carbonyl (C=O) groups is 1. The van der Waals surface area contributed by atoms with Crippen molar-refractivity contribution in [2.45, 2.75) is 6.61 Å². The molecule has 2 rings (SSSR count). The predicted octanol–water partition coefficient (Wildman–Crippen LogP) is 2.41. The fourth-order valence-corrected chi connectivity index (χ4v) is 1.71. The van der Waals surface area contributed by atoms with Crippen molar-refractivity contribution in [1.29, 1.82) is 0 Å². The maximum absolute atomic E-state index is 11.7. The van der Waals surface area contributed by atoms with Crippen molar-refractivity contribution >= 4 is 23.4 Å². The van der Waals surface area contributed by atoms with Gasteiger partial charge in [-0.1, -0.05) is 24.3 Å². The van der Waals surface area contributed by atoms with Crippen LogP contribution in [0, 0.1) is 0 Å². The van der Waals surface area contributed by atoms with E-state index in [4.69, 9.17) is 10.8 Å². The molecule has 20 heavy (non-hydrogen) atoms. The Hall–Kier alpha value is -2.59. The number of carbonyl (C=O) groups excluding carboxylic acids is 1. The summed E-state index contributed by atoms with van der Waals surface area (Å²) in [7, 11) is 0. The first-order valence-electron chi connectivity index (χ1n) is 6.22. The lowest BCUT2D eigenvalue weighted by Gasteiger charge is -2.03. The zero-order valence-electron chi connectivity index (χ0n) is 10.9. The molecule has 4 N–H and O–H groups in total. The van der Waals surface area contributed by atoms with Gasteiger partial charge in [0, 0.05) is 17.5 Å². The topological polar surface area (TPSA) is 75.4 Å². The fraction of sp³-hybridized carbons (Fsp3) is 0.0625. The number of aliphatic hydroxyl groups excluding tert-OH is 1. The number of nitrogens with two attached hydrogens (primary N) is 1. The van der Waals surface area contributed by atoms with Crippen LogP contribution in [0.1, 0.15) is 11.1 Å². The van der Waals surface area contributed by atoms with Gasteiger partial charge in [-0.05, 0) is 41.5 Å². The largest absolute Gasteiger partial charge is 0.399 e. The molecule has 0 radical (unpaired) electrons. The molecular weight excluding hydrogens is 252 g/mol. The summed E-state index contributed by atoms with van der Waals surface area (Å²) in [4.78, 5) is 11.7. The van der Waals surface area contributed by atoms with E-state index in [0.29, 0.717) is 11.4 Å². The summed E-state index contributed by atoms with van der Waals surface area (Å²) < 4.78 is 0. The van der Waals surface area contributed by atoms with Gasteiger partial charge in [-0.3, -0.25) is 4.79 Å². The van der Waals surface area contributed by atoms with Gasteiger partial charge >= 0.3 is 0 Å². The zero-order valence-corrected chi connectivity index (χ0v) is 10.9. The highest BCUT2D eigenvalue weighted by atomic mass is 16.3. The van der Waals surface area contributed by atoms with E-state index >= 15 is 0 Å². The lowest BCUT2D eigenvalue weighted by Crippen LogP contribution is -2.07. The first-order chi connectivity index (χ1) is 9.67. The third-order valence-electron chi connectivity index (χ3n) is 2.74. The van der Waals surface area contributed by atoms with E-state index < -0.39 is 0 Å². The van der Waals surface area contributed by atoms with Crippen LogP contribution in [0.15, 0.2) is 54.6 Å². The molecular formula is C16H16N2O2. The number of hydrogen-bond donors (Lipinski definition) is 3. The van der Waals surface area contributed by atoms with Crippen LogP contribution < -0.4 is 11.1 Å². The molecule has 0 aromatic heterocycles. The van der Waals surface area contributed by atoms with Gasteiger partial charge in [0.1, 0.15) is 0 Å². The molecule has 0 bridgehead atoms. The SMILES string of the molecule is Nc1cccc(/C=C/C(=O)Nc2ccc(CO)cc2)c1. The number of aliphatic hydroxyl groups is 1. The molecule has 4 nitrogen and oxygen atoms in total. The maximum Gasteiger partial charge on any atom is 0.248 e. The van der Waals surface area contributed by atoms with E-state index in [2.05, 4.69) is 5.32 Å². The summed E-state index contributed by atoms with van der Waals surface area (Å²) >= 11 is 0. The first-order valence-corrected chi connectivity index (χ1v) is 6.22. The summed E-state index contributed by atoms with van der Waals surface area (Å²) in [5, 5.41) is 11.7. The van der Waals surface area contributed by atoms with Crippen LogP contribution in [0.3, 0.4) is 0 Å². The number of nitrogens with one attached hydrogen (secondary N) is 1. The number of anilines is 2. The molecule has 0 fully saturated rings. The highest BCUT2D eigenvalue weighted by Crippen LogP contribution is 2.11. The lowest BCUT2D eigenvalue weighted by atomic mass is 10.2. The fourth-order valence-electron chi connectivity index (χ4n) is 1.71. The summed E-state index contributed by atoms with van der Waals surface area (Å²) in [5.74, 6) is -0.218. The minimum Gasteiger partial charge on any atom is -0.399 e. The molecule has 102 valence electrons. The molecule has 0 unspecified atom stereocenters. The second kappa shape index (κ2) is 6.54. The molecule has 0 aliphatic heterocycles.